The van der Waals surface area contributed by atoms with Crippen LogP contribution in [0.3, 0.4) is 0 Å². The van der Waals surface area contributed by atoms with Gasteiger partial charge in [0.25, 0.3) is 0 Å². The third-order valence-corrected chi connectivity index (χ3v) is 2.96. The van der Waals surface area contributed by atoms with Gasteiger partial charge in [0.05, 0.1) is 19.4 Å². The molecule has 0 saturated carbocycles. The summed E-state index contributed by atoms with van der Waals surface area (Å²) in [6, 6.07) is 0. The molecule has 0 unspecified atom stereocenters. The van der Waals surface area contributed by atoms with E-state index in [-0.39, 0.29) is 19.4 Å². The number of nitrogens with one attached hydrogen (secondary N) is 1. The van der Waals surface area contributed by atoms with Crippen LogP contribution in [0.4, 0.5) is 0 Å². The number of nitrogens with zero attached hydrogens (tertiary/aromatic N) is 1. The standard InChI is InChI=1S/C3H11NSi.C2H9NSi.C2H6/c1-4(2)5-3;1-3-4-2;1-2/h5H2,1-3H3;3H,4H2,1-2H3;1-2H3. The second-order valence-electron chi connectivity index (χ2n) is 2.10. The first-order chi connectivity index (χ1) is 5.18. The fourth-order valence-corrected chi connectivity index (χ4v) is 0. The zero-order chi connectivity index (χ0) is 9.70. The summed E-state index contributed by atoms with van der Waals surface area (Å²) in [7, 11) is 6.58. The van der Waals surface area contributed by atoms with E-state index >= 15 is 0 Å². The zero-order valence-corrected chi connectivity index (χ0v) is 12.2. The summed E-state index contributed by atoms with van der Waals surface area (Å²) < 4.78 is 2.26. The van der Waals surface area contributed by atoms with Gasteiger partial charge in [0.15, 0.2) is 0 Å². The van der Waals surface area contributed by atoms with Crippen molar-refractivity contribution in [3.05, 3.63) is 0 Å². The molecule has 0 rings (SSSR count). The molecule has 0 bridgehead atoms. The van der Waals surface area contributed by atoms with Crippen molar-refractivity contribution in [1.82, 2.24) is 9.55 Å². The van der Waals surface area contributed by atoms with Gasteiger partial charge in [0.2, 0.25) is 0 Å². The monoisotopic (exact) mass is 194 g/mol. The van der Waals surface area contributed by atoms with E-state index in [2.05, 4.69) is 36.7 Å². The van der Waals surface area contributed by atoms with E-state index in [0.29, 0.717) is 0 Å². The van der Waals surface area contributed by atoms with Gasteiger partial charge >= 0.3 is 0 Å². The molecule has 0 aliphatic heterocycles. The highest BCUT2D eigenvalue weighted by Gasteiger charge is 1.73. The lowest BCUT2D eigenvalue weighted by molar-refractivity contribution is 0.665. The van der Waals surface area contributed by atoms with Crippen molar-refractivity contribution in [2.45, 2.75) is 26.9 Å². The SMILES string of the molecule is CC.CN[SiH2]C.C[SiH2]N(C)C. The van der Waals surface area contributed by atoms with Gasteiger partial charge in [-0.2, -0.15) is 0 Å². The Hall–Kier alpha value is 0.354. The van der Waals surface area contributed by atoms with Crippen LogP contribution in [-0.2, 0) is 0 Å². The van der Waals surface area contributed by atoms with E-state index in [1.807, 2.05) is 20.9 Å². The van der Waals surface area contributed by atoms with Gasteiger partial charge in [-0.15, -0.1) is 0 Å². The second-order valence-corrected chi connectivity index (χ2v) is 5.41. The predicted molar refractivity (Wildman–Crippen MR) is 62.9 cm³/mol. The minimum Gasteiger partial charge on any atom is -0.345 e. The minimum atomic E-state index is 0.174. The van der Waals surface area contributed by atoms with Crippen molar-refractivity contribution in [3.8, 4) is 0 Å². The average Bonchev–Trinajstić information content (AvgIpc) is 2.08. The molecule has 72 valence electrons. The molecule has 0 aromatic rings. The first-order valence-corrected chi connectivity index (χ1v) is 8.65. The maximum atomic E-state index is 3.07. The Morgan fingerprint density at radius 2 is 1.27 bits per heavy atom. The Labute approximate surface area is 77.6 Å². The molecule has 2 nitrogen and oxygen atoms in total. The van der Waals surface area contributed by atoms with Crippen molar-refractivity contribution < 1.29 is 0 Å². The molecule has 0 atom stereocenters. The maximum Gasteiger partial charge on any atom is 0.0913 e. The molecule has 0 aliphatic rings. The first kappa shape index (κ1) is 17.4. The van der Waals surface area contributed by atoms with Crippen molar-refractivity contribution in [2.24, 2.45) is 0 Å². The fourth-order valence-electron chi connectivity index (χ4n) is 0. The van der Waals surface area contributed by atoms with Gasteiger partial charge in [-0.1, -0.05) is 26.9 Å². The molecule has 0 aliphatic carbocycles. The van der Waals surface area contributed by atoms with Crippen LogP contribution >= 0.6 is 0 Å². The van der Waals surface area contributed by atoms with Gasteiger partial charge in [0.1, 0.15) is 0 Å². The molecule has 0 fully saturated rings. The summed E-state index contributed by atoms with van der Waals surface area (Å²) in [5.74, 6) is 0. The smallest absolute Gasteiger partial charge is 0.0913 e. The normalized spacial score (nSPS) is 9.82. The lowest BCUT2D eigenvalue weighted by atomic mass is 11.0. The molecule has 0 radical (unpaired) electrons. The Kier molecular flexibility index (Phi) is 35.6. The third-order valence-electron chi connectivity index (χ3n) is 0.986. The highest BCUT2D eigenvalue weighted by Crippen LogP contribution is 1.60. The average molecular weight is 194 g/mol. The molecular weight excluding hydrogens is 168 g/mol. The molecular formula is C7H26N2Si2. The number of rotatable bonds is 2. The third kappa shape index (κ3) is 64.2. The van der Waals surface area contributed by atoms with Crippen LogP contribution in [0.1, 0.15) is 13.8 Å². The van der Waals surface area contributed by atoms with Crippen LogP contribution in [-0.4, -0.2) is 45.1 Å². The highest BCUT2D eigenvalue weighted by molar-refractivity contribution is 6.29. The summed E-state index contributed by atoms with van der Waals surface area (Å²) >= 11 is 0. The molecule has 0 spiro atoms. The van der Waals surface area contributed by atoms with E-state index in [1.165, 1.54) is 0 Å². The lowest BCUT2D eigenvalue weighted by Crippen LogP contribution is -2.12. The fraction of sp³-hybridized carbons (Fsp3) is 1.00. The zero-order valence-electron chi connectivity index (χ0n) is 9.36. The van der Waals surface area contributed by atoms with Crippen LogP contribution in [0, 0.1) is 0 Å². The summed E-state index contributed by atoms with van der Waals surface area (Å²) in [4.78, 5) is 3.07. The minimum absolute atomic E-state index is 0.174. The Balaban J connectivity index is -0.0000000965. The van der Waals surface area contributed by atoms with Crippen LogP contribution in [0.25, 0.3) is 0 Å². The molecule has 0 saturated heterocycles. The summed E-state index contributed by atoms with van der Waals surface area (Å²) in [6.07, 6.45) is 0. The topological polar surface area (TPSA) is 15.3 Å². The van der Waals surface area contributed by atoms with Gasteiger partial charge in [-0.05, 0) is 21.1 Å². The van der Waals surface area contributed by atoms with Crippen molar-refractivity contribution >= 4 is 19.4 Å². The maximum absolute atomic E-state index is 3.07. The molecule has 0 amide bonds. The van der Waals surface area contributed by atoms with E-state index < -0.39 is 0 Å². The Bertz CT molecular complexity index is 41.4. The van der Waals surface area contributed by atoms with Crippen LogP contribution in [0.15, 0.2) is 0 Å². The Morgan fingerprint density at radius 1 is 1.09 bits per heavy atom. The summed E-state index contributed by atoms with van der Waals surface area (Å²) in [5.41, 5.74) is 0. The summed E-state index contributed by atoms with van der Waals surface area (Å²) in [6.45, 7) is 8.47. The van der Waals surface area contributed by atoms with E-state index in [4.69, 9.17) is 0 Å². The van der Waals surface area contributed by atoms with Crippen molar-refractivity contribution in [3.63, 3.8) is 0 Å². The van der Waals surface area contributed by atoms with Crippen molar-refractivity contribution in [2.75, 3.05) is 21.1 Å². The second kappa shape index (κ2) is 22.4. The first-order valence-electron chi connectivity index (χ1n) is 4.48. The molecule has 11 heavy (non-hydrogen) atoms. The number of hydrogen-bond donors (Lipinski definition) is 1. The lowest BCUT2D eigenvalue weighted by Gasteiger charge is -1.99. The highest BCUT2D eigenvalue weighted by atomic mass is 28.2. The number of hydrogen-bond acceptors (Lipinski definition) is 2. The quantitative estimate of drug-likeness (QED) is 0.625. The van der Waals surface area contributed by atoms with E-state index in [1.54, 1.807) is 0 Å². The molecule has 0 heterocycles. The molecule has 0 aromatic heterocycles. The van der Waals surface area contributed by atoms with Crippen LogP contribution in [0.5, 0.6) is 0 Å². The van der Waals surface area contributed by atoms with Crippen LogP contribution in [0.2, 0.25) is 13.1 Å². The van der Waals surface area contributed by atoms with Crippen LogP contribution < -0.4 is 4.98 Å². The molecule has 1 N–H and O–H groups in total. The molecule has 0 aromatic carbocycles. The Morgan fingerprint density at radius 3 is 1.27 bits per heavy atom. The molecule has 4 heteroatoms. The van der Waals surface area contributed by atoms with Gasteiger partial charge < -0.3 is 9.55 Å². The van der Waals surface area contributed by atoms with Gasteiger partial charge in [0, 0.05) is 0 Å². The predicted octanol–water partition coefficient (Wildman–Crippen LogP) is 0.0438. The largest absolute Gasteiger partial charge is 0.345 e. The van der Waals surface area contributed by atoms with Crippen molar-refractivity contribution in [1.29, 1.82) is 0 Å². The van der Waals surface area contributed by atoms with Gasteiger partial charge in [-0.3, -0.25) is 0 Å². The van der Waals surface area contributed by atoms with E-state index in [9.17, 15) is 0 Å². The van der Waals surface area contributed by atoms with E-state index in [0.717, 1.165) is 0 Å². The summed E-state index contributed by atoms with van der Waals surface area (Å²) in [5, 5.41) is 0. The van der Waals surface area contributed by atoms with Gasteiger partial charge in [-0.25, -0.2) is 0 Å².